The lowest BCUT2D eigenvalue weighted by atomic mass is 10.1. The second kappa shape index (κ2) is 6.87. The minimum absolute atomic E-state index is 0.338. The van der Waals surface area contributed by atoms with Crippen molar-refractivity contribution in [1.29, 1.82) is 0 Å². The lowest BCUT2D eigenvalue weighted by Crippen LogP contribution is -2.25. The van der Waals surface area contributed by atoms with E-state index in [4.69, 9.17) is 0 Å². The van der Waals surface area contributed by atoms with Gasteiger partial charge in [0.1, 0.15) is 0 Å². The van der Waals surface area contributed by atoms with Gasteiger partial charge in [0.15, 0.2) is 0 Å². The van der Waals surface area contributed by atoms with E-state index in [9.17, 15) is 8.42 Å². The van der Waals surface area contributed by atoms with Gasteiger partial charge in [-0.2, -0.15) is 0 Å². The summed E-state index contributed by atoms with van der Waals surface area (Å²) in [6.45, 7) is 4.34. The van der Waals surface area contributed by atoms with Crippen molar-refractivity contribution < 1.29 is 8.42 Å². The number of benzene rings is 2. The first-order valence-corrected chi connectivity index (χ1v) is 8.58. The summed E-state index contributed by atoms with van der Waals surface area (Å²) in [5, 5.41) is 0. The van der Waals surface area contributed by atoms with Gasteiger partial charge in [0, 0.05) is 6.54 Å². The van der Waals surface area contributed by atoms with Gasteiger partial charge in [-0.15, -0.1) is 0 Å². The molecular weight excluding hydrogens is 282 g/mol. The molecule has 1 N–H and O–H groups in total. The summed E-state index contributed by atoms with van der Waals surface area (Å²) < 4.78 is 27.1. The molecule has 0 unspecified atom stereocenters. The van der Waals surface area contributed by atoms with E-state index in [1.54, 1.807) is 12.1 Å². The quantitative estimate of drug-likeness (QED) is 0.833. The van der Waals surface area contributed by atoms with Crippen molar-refractivity contribution in [2.45, 2.75) is 31.6 Å². The maximum absolute atomic E-state index is 12.2. The van der Waals surface area contributed by atoms with E-state index in [2.05, 4.69) is 16.9 Å². The molecule has 0 aliphatic heterocycles. The second-order valence-corrected chi connectivity index (χ2v) is 7.00. The summed E-state index contributed by atoms with van der Waals surface area (Å²) in [6, 6.07) is 15.3. The van der Waals surface area contributed by atoms with Gasteiger partial charge < -0.3 is 0 Å². The fraction of sp³-hybridized carbons (Fsp3) is 0.294. The average molecular weight is 303 g/mol. The topological polar surface area (TPSA) is 46.2 Å². The monoisotopic (exact) mass is 303 g/mol. The molecule has 2 rings (SSSR count). The van der Waals surface area contributed by atoms with Crippen LogP contribution in [0.25, 0.3) is 0 Å². The summed E-state index contributed by atoms with van der Waals surface area (Å²) in [7, 11) is -3.40. The molecule has 2 aromatic rings. The van der Waals surface area contributed by atoms with Crippen LogP contribution >= 0.6 is 0 Å². The van der Waals surface area contributed by atoms with E-state index in [1.807, 2.05) is 38.1 Å². The molecule has 0 aliphatic carbocycles. The molecule has 112 valence electrons. The van der Waals surface area contributed by atoms with Crippen LogP contribution in [-0.4, -0.2) is 15.0 Å². The SMILES string of the molecule is Cc1ccc(S(=O)(=O)NCCCc2ccccc2)cc1C. The number of hydrogen-bond acceptors (Lipinski definition) is 2. The van der Waals surface area contributed by atoms with Gasteiger partial charge in [-0.3, -0.25) is 0 Å². The van der Waals surface area contributed by atoms with Crippen molar-refractivity contribution in [2.24, 2.45) is 0 Å². The molecule has 0 bridgehead atoms. The van der Waals surface area contributed by atoms with Crippen LogP contribution in [0.15, 0.2) is 53.4 Å². The Labute approximate surface area is 127 Å². The normalized spacial score (nSPS) is 11.5. The van der Waals surface area contributed by atoms with E-state index in [0.29, 0.717) is 11.4 Å². The number of sulfonamides is 1. The van der Waals surface area contributed by atoms with Gasteiger partial charge in [-0.25, -0.2) is 13.1 Å². The van der Waals surface area contributed by atoms with Crippen LogP contribution in [0.1, 0.15) is 23.1 Å². The zero-order chi connectivity index (χ0) is 15.3. The molecule has 0 aliphatic rings. The van der Waals surface area contributed by atoms with Crippen LogP contribution in [0.4, 0.5) is 0 Å². The minimum atomic E-state index is -3.40. The van der Waals surface area contributed by atoms with Gasteiger partial charge >= 0.3 is 0 Å². The third-order valence-corrected chi connectivity index (χ3v) is 5.02. The van der Waals surface area contributed by atoms with Crippen LogP contribution in [0.2, 0.25) is 0 Å². The minimum Gasteiger partial charge on any atom is -0.211 e. The van der Waals surface area contributed by atoms with Crippen molar-refractivity contribution in [3.8, 4) is 0 Å². The Kier molecular flexibility index (Phi) is 5.15. The summed E-state index contributed by atoms with van der Waals surface area (Å²) in [5.74, 6) is 0. The molecule has 0 fully saturated rings. The standard InChI is InChI=1S/C17H21NO2S/c1-14-10-11-17(13-15(14)2)21(19,20)18-12-6-9-16-7-4-3-5-8-16/h3-5,7-8,10-11,13,18H,6,9,12H2,1-2H3. The molecule has 0 spiro atoms. The molecular formula is C17H21NO2S. The summed E-state index contributed by atoms with van der Waals surface area (Å²) in [4.78, 5) is 0.338. The largest absolute Gasteiger partial charge is 0.240 e. The fourth-order valence-electron chi connectivity index (χ4n) is 2.11. The number of hydrogen-bond donors (Lipinski definition) is 1. The van der Waals surface area contributed by atoms with E-state index in [1.165, 1.54) is 5.56 Å². The van der Waals surface area contributed by atoms with Crippen molar-refractivity contribution in [3.63, 3.8) is 0 Å². The lowest BCUT2D eigenvalue weighted by molar-refractivity contribution is 0.579. The van der Waals surface area contributed by atoms with Crippen LogP contribution in [0.5, 0.6) is 0 Å². The van der Waals surface area contributed by atoms with Crippen LogP contribution in [0, 0.1) is 13.8 Å². The Morgan fingerprint density at radius 3 is 2.33 bits per heavy atom. The first-order chi connectivity index (χ1) is 9.99. The number of nitrogens with one attached hydrogen (secondary N) is 1. The van der Waals surface area contributed by atoms with Crippen molar-refractivity contribution in [1.82, 2.24) is 4.72 Å². The Balaban J connectivity index is 1.91. The van der Waals surface area contributed by atoms with E-state index in [0.717, 1.165) is 24.0 Å². The first kappa shape index (κ1) is 15.7. The van der Waals surface area contributed by atoms with Gasteiger partial charge in [-0.1, -0.05) is 36.4 Å². The molecule has 0 aromatic heterocycles. The van der Waals surface area contributed by atoms with Gasteiger partial charge in [0.05, 0.1) is 4.90 Å². The van der Waals surface area contributed by atoms with Crippen LogP contribution in [-0.2, 0) is 16.4 Å². The van der Waals surface area contributed by atoms with Gasteiger partial charge in [0.25, 0.3) is 0 Å². The highest BCUT2D eigenvalue weighted by Gasteiger charge is 2.13. The van der Waals surface area contributed by atoms with E-state index in [-0.39, 0.29) is 0 Å². The maximum Gasteiger partial charge on any atom is 0.240 e. The second-order valence-electron chi connectivity index (χ2n) is 5.23. The highest BCUT2D eigenvalue weighted by Crippen LogP contribution is 2.14. The van der Waals surface area contributed by atoms with E-state index < -0.39 is 10.0 Å². The molecule has 21 heavy (non-hydrogen) atoms. The molecule has 0 heterocycles. The molecule has 0 atom stereocenters. The van der Waals surface area contributed by atoms with Crippen molar-refractivity contribution in [2.75, 3.05) is 6.54 Å². The molecule has 0 saturated carbocycles. The Morgan fingerprint density at radius 2 is 1.67 bits per heavy atom. The third-order valence-electron chi connectivity index (χ3n) is 3.57. The highest BCUT2D eigenvalue weighted by molar-refractivity contribution is 7.89. The molecule has 2 aromatic carbocycles. The predicted octanol–water partition coefficient (Wildman–Crippen LogP) is 3.21. The number of aryl methyl sites for hydroxylation is 3. The fourth-order valence-corrected chi connectivity index (χ4v) is 3.27. The molecule has 0 saturated heterocycles. The highest BCUT2D eigenvalue weighted by atomic mass is 32.2. The van der Waals surface area contributed by atoms with E-state index >= 15 is 0 Å². The van der Waals surface area contributed by atoms with Crippen molar-refractivity contribution in [3.05, 3.63) is 65.2 Å². The summed E-state index contributed by atoms with van der Waals surface area (Å²) in [6.07, 6.45) is 1.66. The number of rotatable bonds is 6. The van der Waals surface area contributed by atoms with Gasteiger partial charge in [-0.05, 0) is 55.5 Å². The predicted molar refractivity (Wildman–Crippen MR) is 85.9 cm³/mol. The van der Waals surface area contributed by atoms with Crippen LogP contribution < -0.4 is 4.72 Å². The molecule has 0 radical (unpaired) electrons. The van der Waals surface area contributed by atoms with Crippen LogP contribution in [0.3, 0.4) is 0 Å². The smallest absolute Gasteiger partial charge is 0.211 e. The molecule has 4 heteroatoms. The molecule has 3 nitrogen and oxygen atoms in total. The van der Waals surface area contributed by atoms with Gasteiger partial charge in [0.2, 0.25) is 10.0 Å². The zero-order valence-corrected chi connectivity index (χ0v) is 13.3. The Bertz CT molecular complexity index is 694. The molecule has 0 amide bonds. The Hall–Kier alpha value is -1.65. The zero-order valence-electron chi connectivity index (χ0n) is 12.5. The summed E-state index contributed by atoms with van der Waals surface area (Å²) in [5.41, 5.74) is 3.31. The van der Waals surface area contributed by atoms with Crippen molar-refractivity contribution >= 4 is 10.0 Å². The third kappa shape index (κ3) is 4.41. The lowest BCUT2D eigenvalue weighted by Gasteiger charge is -2.08. The maximum atomic E-state index is 12.2. The Morgan fingerprint density at radius 1 is 0.952 bits per heavy atom. The first-order valence-electron chi connectivity index (χ1n) is 7.10. The average Bonchev–Trinajstić information content (AvgIpc) is 2.47. The summed E-state index contributed by atoms with van der Waals surface area (Å²) >= 11 is 0.